The molecule has 1 aromatic carbocycles. The molecule has 1 atom stereocenters. The summed E-state index contributed by atoms with van der Waals surface area (Å²) in [5.74, 6) is -0.830. The van der Waals surface area contributed by atoms with Gasteiger partial charge in [0.05, 0.1) is 0 Å². The lowest BCUT2D eigenvalue weighted by Gasteiger charge is -2.34. The van der Waals surface area contributed by atoms with Crippen LogP contribution in [-0.2, 0) is 14.8 Å². The molecule has 0 saturated carbocycles. The van der Waals surface area contributed by atoms with Gasteiger partial charge in [-0.05, 0) is 37.9 Å². The van der Waals surface area contributed by atoms with Crippen LogP contribution in [0.2, 0.25) is 0 Å². The number of benzene rings is 1. The first kappa shape index (κ1) is 21.1. The van der Waals surface area contributed by atoms with Gasteiger partial charge >= 0.3 is 0 Å². The number of hydrogen-bond acceptors (Lipinski definition) is 4. The molecule has 1 N–H and O–H groups in total. The van der Waals surface area contributed by atoms with E-state index in [1.54, 1.807) is 4.90 Å². The monoisotopic (exact) mass is 405 g/mol. The Balaban J connectivity index is 0.00000243. The Morgan fingerprint density at radius 1 is 1.23 bits per heavy atom. The summed E-state index contributed by atoms with van der Waals surface area (Å²) in [6.07, 6.45) is 1.89. The molecule has 0 spiro atoms. The highest BCUT2D eigenvalue weighted by atomic mass is 35.5. The number of carbonyl (C=O) groups is 1. The molecule has 26 heavy (non-hydrogen) atoms. The van der Waals surface area contributed by atoms with E-state index in [2.05, 4.69) is 5.32 Å². The summed E-state index contributed by atoms with van der Waals surface area (Å²) in [6, 6.07) is 5.62. The number of rotatable bonds is 4. The van der Waals surface area contributed by atoms with Gasteiger partial charge in [-0.2, -0.15) is 4.31 Å². The lowest BCUT2D eigenvalue weighted by molar-refractivity contribution is -0.137. The molecule has 0 aromatic heterocycles. The molecule has 0 bridgehead atoms. The van der Waals surface area contributed by atoms with E-state index in [4.69, 9.17) is 0 Å². The number of piperidine rings is 1. The SMILES string of the molecule is CN(C(=O)C1CCN(S(=O)(=O)c2ccccc2F)CC1)C1CCNC1.Cl. The number of amides is 1. The van der Waals surface area contributed by atoms with Crippen LogP contribution in [0.5, 0.6) is 0 Å². The normalized spacial score (nSPS) is 22.0. The van der Waals surface area contributed by atoms with Crippen molar-refractivity contribution < 1.29 is 17.6 Å². The second-order valence-corrected chi connectivity index (χ2v) is 8.61. The summed E-state index contributed by atoms with van der Waals surface area (Å²) in [4.78, 5) is 14.1. The minimum atomic E-state index is -3.85. The number of nitrogens with one attached hydrogen (secondary N) is 1. The smallest absolute Gasteiger partial charge is 0.245 e. The first-order valence-electron chi connectivity index (χ1n) is 8.63. The number of likely N-dealkylation sites (N-methyl/N-ethyl adjacent to an activating group) is 1. The first-order chi connectivity index (χ1) is 11.9. The number of halogens is 2. The molecule has 0 aliphatic carbocycles. The Morgan fingerprint density at radius 2 is 1.88 bits per heavy atom. The van der Waals surface area contributed by atoms with Crippen LogP contribution in [0.15, 0.2) is 29.2 Å². The molecule has 9 heteroatoms. The Kier molecular flexibility index (Phi) is 7.01. The lowest BCUT2D eigenvalue weighted by atomic mass is 9.96. The van der Waals surface area contributed by atoms with Gasteiger partial charge in [-0.25, -0.2) is 12.8 Å². The zero-order chi connectivity index (χ0) is 18.0. The molecule has 2 saturated heterocycles. The maximum Gasteiger partial charge on any atom is 0.245 e. The topological polar surface area (TPSA) is 69.7 Å². The minimum Gasteiger partial charge on any atom is -0.341 e. The summed E-state index contributed by atoms with van der Waals surface area (Å²) in [5, 5.41) is 3.24. The highest BCUT2D eigenvalue weighted by Gasteiger charge is 2.35. The van der Waals surface area contributed by atoms with Crippen LogP contribution in [0.25, 0.3) is 0 Å². The molecule has 1 unspecified atom stereocenters. The highest BCUT2D eigenvalue weighted by molar-refractivity contribution is 7.89. The summed E-state index contributed by atoms with van der Waals surface area (Å²) in [6.45, 7) is 2.21. The van der Waals surface area contributed by atoms with E-state index in [1.807, 2.05) is 7.05 Å². The second-order valence-electron chi connectivity index (χ2n) is 6.70. The summed E-state index contributed by atoms with van der Waals surface area (Å²) >= 11 is 0. The van der Waals surface area contributed by atoms with E-state index in [0.717, 1.165) is 25.6 Å². The zero-order valence-corrected chi connectivity index (χ0v) is 16.4. The van der Waals surface area contributed by atoms with Crippen LogP contribution < -0.4 is 5.32 Å². The van der Waals surface area contributed by atoms with E-state index in [9.17, 15) is 17.6 Å². The van der Waals surface area contributed by atoms with Crippen molar-refractivity contribution in [3.05, 3.63) is 30.1 Å². The first-order valence-corrected chi connectivity index (χ1v) is 10.1. The van der Waals surface area contributed by atoms with Crippen LogP contribution in [-0.4, -0.2) is 62.8 Å². The summed E-state index contributed by atoms with van der Waals surface area (Å²) in [5.41, 5.74) is 0. The van der Waals surface area contributed by atoms with Crippen molar-refractivity contribution in [3.8, 4) is 0 Å². The van der Waals surface area contributed by atoms with Crippen molar-refractivity contribution in [2.45, 2.75) is 30.2 Å². The van der Waals surface area contributed by atoms with Crippen LogP contribution in [0.1, 0.15) is 19.3 Å². The molecule has 2 heterocycles. The fraction of sp³-hybridized carbons (Fsp3) is 0.588. The molecular weight excluding hydrogens is 381 g/mol. The fourth-order valence-corrected chi connectivity index (χ4v) is 5.11. The van der Waals surface area contributed by atoms with Crippen LogP contribution in [0.3, 0.4) is 0 Å². The Bertz CT molecular complexity index is 733. The quantitative estimate of drug-likeness (QED) is 0.823. The largest absolute Gasteiger partial charge is 0.341 e. The Labute approximate surface area is 160 Å². The van der Waals surface area contributed by atoms with Crippen LogP contribution in [0.4, 0.5) is 4.39 Å². The van der Waals surface area contributed by atoms with Crippen molar-refractivity contribution in [2.75, 3.05) is 33.2 Å². The van der Waals surface area contributed by atoms with Gasteiger partial charge < -0.3 is 10.2 Å². The van der Waals surface area contributed by atoms with Crippen molar-refractivity contribution in [2.24, 2.45) is 5.92 Å². The average molecular weight is 406 g/mol. The highest BCUT2D eigenvalue weighted by Crippen LogP contribution is 2.26. The number of nitrogens with zero attached hydrogens (tertiary/aromatic N) is 2. The van der Waals surface area contributed by atoms with Gasteiger partial charge in [-0.3, -0.25) is 4.79 Å². The van der Waals surface area contributed by atoms with Crippen molar-refractivity contribution in [1.29, 1.82) is 0 Å². The molecule has 6 nitrogen and oxygen atoms in total. The van der Waals surface area contributed by atoms with E-state index >= 15 is 0 Å². The second kappa shape index (κ2) is 8.65. The van der Waals surface area contributed by atoms with Crippen molar-refractivity contribution >= 4 is 28.3 Å². The van der Waals surface area contributed by atoms with Crippen LogP contribution in [0, 0.1) is 11.7 Å². The third kappa shape index (κ3) is 4.19. The maximum absolute atomic E-state index is 13.9. The van der Waals surface area contributed by atoms with Gasteiger partial charge in [-0.15, -0.1) is 12.4 Å². The number of hydrogen-bond donors (Lipinski definition) is 1. The molecule has 146 valence electrons. The molecule has 2 aliphatic rings. The van der Waals surface area contributed by atoms with Gasteiger partial charge in [0.2, 0.25) is 15.9 Å². The fourth-order valence-electron chi connectivity index (χ4n) is 3.57. The summed E-state index contributed by atoms with van der Waals surface area (Å²) < 4.78 is 40.4. The molecule has 2 aliphatic heterocycles. The standard InChI is InChI=1S/C17H24FN3O3S.ClH/c1-20(14-6-9-19-12-14)17(22)13-7-10-21(11-8-13)25(23,24)16-5-3-2-4-15(16)18;/h2-5,13-14,19H,6-12H2,1H3;1H. The molecule has 1 amide bonds. The number of sulfonamides is 1. The Morgan fingerprint density at radius 3 is 2.46 bits per heavy atom. The van der Waals surface area contributed by atoms with Crippen molar-refractivity contribution in [3.63, 3.8) is 0 Å². The summed E-state index contributed by atoms with van der Waals surface area (Å²) in [7, 11) is -2.03. The molecule has 3 rings (SSSR count). The van der Waals surface area contributed by atoms with E-state index < -0.39 is 15.8 Å². The predicted molar refractivity (Wildman–Crippen MR) is 99.2 cm³/mol. The van der Waals surface area contributed by atoms with Crippen LogP contribution >= 0.6 is 12.4 Å². The van der Waals surface area contributed by atoms with Gasteiger partial charge in [0.1, 0.15) is 10.7 Å². The molecule has 0 radical (unpaired) electrons. The predicted octanol–water partition coefficient (Wildman–Crippen LogP) is 1.47. The van der Waals surface area contributed by atoms with E-state index in [0.29, 0.717) is 12.8 Å². The third-order valence-corrected chi connectivity index (χ3v) is 7.12. The van der Waals surface area contributed by atoms with Crippen molar-refractivity contribution in [1.82, 2.24) is 14.5 Å². The molecular formula is C17H25ClFN3O3S. The van der Waals surface area contributed by atoms with E-state index in [1.165, 1.54) is 22.5 Å². The third-order valence-electron chi connectivity index (χ3n) is 5.19. The molecule has 2 fully saturated rings. The number of carbonyl (C=O) groups excluding carboxylic acids is 1. The van der Waals surface area contributed by atoms with Gasteiger partial charge in [0.15, 0.2) is 0 Å². The average Bonchev–Trinajstić information content (AvgIpc) is 3.15. The van der Waals surface area contributed by atoms with Gasteiger partial charge in [-0.1, -0.05) is 12.1 Å². The minimum absolute atomic E-state index is 0. The molecule has 1 aromatic rings. The lowest BCUT2D eigenvalue weighted by Crippen LogP contribution is -2.46. The Hall–Kier alpha value is -1.22. The van der Waals surface area contributed by atoms with Gasteiger partial charge in [0, 0.05) is 38.6 Å². The van der Waals surface area contributed by atoms with Gasteiger partial charge in [0.25, 0.3) is 0 Å². The van der Waals surface area contributed by atoms with E-state index in [-0.39, 0.29) is 48.3 Å². The maximum atomic E-state index is 13.9. The zero-order valence-electron chi connectivity index (χ0n) is 14.7.